The number of hydrogen-bond donors (Lipinski definition) is 2. The first-order valence-electron chi connectivity index (χ1n) is 9.21. The molecule has 1 amide bonds. The van der Waals surface area contributed by atoms with E-state index in [2.05, 4.69) is 5.32 Å². The Morgan fingerprint density at radius 3 is 2.34 bits per heavy atom. The number of aryl methyl sites for hydroxylation is 1. The van der Waals surface area contributed by atoms with Crippen molar-refractivity contribution in [3.63, 3.8) is 0 Å². The molecule has 1 aromatic heterocycles. The highest BCUT2D eigenvalue weighted by molar-refractivity contribution is 7.89. The number of carbonyl (C=O) groups excluding carboxylic acids is 1. The van der Waals surface area contributed by atoms with Crippen LogP contribution in [0.3, 0.4) is 0 Å². The first kappa shape index (κ1) is 23.6. The number of sulfonamides is 1. The third-order valence-electron chi connectivity index (χ3n) is 4.74. The second-order valence-corrected chi connectivity index (χ2v) is 9.35. The van der Waals surface area contributed by atoms with Crippen LogP contribution in [0.1, 0.15) is 17.0 Å². The number of carbonyl (C=O) groups is 1. The lowest BCUT2D eigenvalue weighted by Crippen LogP contribution is -2.13. The molecule has 1 heterocycles. The van der Waals surface area contributed by atoms with Gasteiger partial charge in [0.05, 0.1) is 15.6 Å². The van der Waals surface area contributed by atoms with Crippen LogP contribution in [0.2, 0.25) is 10.0 Å². The van der Waals surface area contributed by atoms with Crippen molar-refractivity contribution in [1.82, 2.24) is 4.57 Å². The molecule has 164 valence electrons. The Balaban J connectivity index is 1.94. The second-order valence-electron chi connectivity index (χ2n) is 6.95. The van der Waals surface area contributed by atoms with Gasteiger partial charge in [-0.25, -0.2) is 13.6 Å². The average Bonchev–Trinajstić information content (AvgIpc) is 3.00. The van der Waals surface area contributed by atoms with Crippen LogP contribution in [0.25, 0.3) is 11.8 Å². The molecule has 10 heteroatoms. The summed E-state index contributed by atoms with van der Waals surface area (Å²) >= 11 is 12.0. The predicted molar refractivity (Wildman–Crippen MR) is 125 cm³/mol. The SMILES string of the molecule is Cc1cc(/C=C(/C#N)C(=O)Nc2ccc(Cl)cc2Cl)c(C)n1-c1ccc(S(N)(=O)=O)cc1. The minimum atomic E-state index is -3.79. The van der Waals surface area contributed by atoms with Gasteiger partial charge in [-0.05, 0) is 74.0 Å². The fourth-order valence-electron chi connectivity index (χ4n) is 3.20. The van der Waals surface area contributed by atoms with E-state index < -0.39 is 15.9 Å². The predicted octanol–water partition coefficient (Wildman–Crippen LogP) is 4.59. The van der Waals surface area contributed by atoms with Gasteiger partial charge in [-0.15, -0.1) is 0 Å². The van der Waals surface area contributed by atoms with Crippen LogP contribution in [-0.4, -0.2) is 18.9 Å². The number of nitrogens with zero attached hydrogens (tertiary/aromatic N) is 2. The minimum Gasteiger partial charge on any atom is -0.320 e. The van der Waals surface area contributed by atoms with Crippen LogP contribution in [0.5, 0.6) is 0 Å². The molecule has 32 heavy (non-hydrogen) atoms. The van der Waals surface area contributed by atoms with Crippen LogP contribution in [0.15, 0.2) is 59.0 Å². The molecule has 2 aromatic carbocycles. The molecule has 0 saturated heterocycles. The number of nitriles is 1. The normalized spacial score (nSPS) is 11.8. The summed E-state index contributed by atoms with van der Waals surface area (Å²) in [6.45, 7) is 3.69. The van der Waals surface area contributed by atoms with Crippen molar-refractivity contribution in [2.24, 2.45) is 5.14 Å². The van der Waals surface area contributed by atoms with Crippen molar-refractivity contribution < 1.29 is 13.2 Å². The van der Waals surface area contributed by atoms with Crippen molar-refractivity contribution in [1.29, 1.82) is 5.26 Å². The van der Waals surface area contributed by atoms with Crippen LogP contribution < -0.4 is 10.5 Å². The maximum absolute atomic E-state index is 12.6. The van der Waals surface area contributed by atoms with Crippen molar-refractivity contribution in [2.45, 2.75) is 18.7 Å². The van der Waals surface area contributed by atoms with Gasteiger partial charge < -0.3 is 9.88 Å². The number of primary sulfonamides is 1. The number of aromatic nitrogens is 1. The van der Waals surface area contributed by atoms with Crippen molar-refractivity contribution in [2.75, 3.05) is 5.32 Å². The molecular formula is C22H18Cl2N4O3S. The number of halogens is 2. The molecule has 0 aliphatic rings. The molecule has 0 aliphatic carbocycles. The maximum atomic E-state index is 12.6. The minimum absolute atomic E-state index is 0.00753. The first-order chi connectivity index (χ1) is 15.0. The fourth-order valence-corrected chi connectivity index (χ4v) is 4.17. The summed E-state index contributed by atoms with van der Waals surface area (Å²) in [5.41, 5.74) is 3.19. The van der Waals surface area contributed by atoms with Crippen LogP contribution in [-0.2, 0) is 14.8 Å². The highest BCUT2D eigenvalue weighted by Crippen LogP contribution is 2.27. The van der Waals surface area contributed by atoms with E-state index in [1.807, 2.05) is 30.6 Å². The van der Waals surface area contributed by atoms with Gasteiger partial charge in [-0.3, -0.25) is 4.79 Å². The number of hydrogen-bond acceptors (Lipinski definition) is 4. The van der Waals surface area contributed by atoms with Crippen molar-refractivity contribution in [3.8, 4) is 11.8 Å². The van der Waals surface area contributed by atoms with Gasteiger partial charge in [0.25, 0.3) is 5.91 Å². The Kier molecular flexibility index (Phi) is 6.77. The number of rotatable bonds is 5. The fraction of sp³-hybridized carbons (Fsp3) is 0.0909. The van der Waals surface area contributed by atoms with E-state index in [1.165, 1.54) is 24.3 Å². The molecular weight excluding hydrogens is 471 g/mol. The second kappa shape index (κ2) is 9.18. The largest absolute Gasteiger partial charge is 0.320 e. The first-order valence-corrected chi connectivity index (χ1v) is 11.5. The van der Waals surface area contributed by atoms with E-state index in [0.29, 0.717) is 22.0 Å². The van der Waals surface area contributed by atoms with E-state index >= 15 is 0 Å². The van der Waals surface area contributed by atoms with E-state index in [-0.39, 0.29) is 15.5 Å². The topological polar surface area (TPSA) is 118 Å². The van der Waals surface area contributed by atoms with Crippen LogP contribution in [0.4, 0.5) is 5.69 Å². The highest BCUT2D eigenvalue weighted by Gasteiger charge is 2.16. The maximum Gasteiger partial charge on any atom is 0.266 e. The van der Waals surface area contributed by atoms with Gasteiger partial charge in [0.2, 0.25) is 10.0 Å². The lowest BCUT2D eigenvalue weighted by molar-refractivity contribution is -0.112. The summed E-state index contributed by atoms with van der Waals surface area (Å²) < 4.78 is 24.8. The van der Waals surface area contributed by atoms with Gasteiger partial charge in [-0.2, -0.15) is 5.26 Å². The molecule has 0 spiro atoms. The summed E-state index contributed by atoms with van der Waals surface area (Å²) in [5, 5.41) is 18.0. The molecule has 0 unspecified atom stereocenters. The number of amides is 1. The van der Waals surface area contributed by atoms with E-state index in [0.717, 1.165) is 11.4 Å². The monoisotopic (exact) mass is 488 g/mol. The Hall–Kier alpha value is -3.09. The molecule has 3 N–H and O–H groups in total. The van der Waals surface area contributed by atoms with E-state index in [4.69, 9.17) is 28.3 Å². The summed E-state index contributed by atoms with van der Waals surface area (Å²) in [7, 11) is -3.79. The average molecular weight is 489 g/mol. The molecule has 0 saturated carbocycles. The summed E-state index contributed by atoms with van der Waals surface area (Å²) in [6, 6.07) is 14.5. The smallest absolute Gasteiger partial charge is 0.266 e. The van der Waals surface area contributed by atoms with Crippen molar-refractivity contribution in [3.05, 3.63) is 81.1 Å². The molecule has 3 rings (SSSR count). The summed E-state index contributed by atoms with van der Waals surface area (Å²) in [6.07, 6.45) is 1.48. The molecule has 0 bridgehead atoms. The lowest BCUT2D eigenvalue weighted by atomic mass is 10.1. The quantitative estimate of drug-likeness (QED) is 0.402. The Morgan fingerprint density at radius 2 is 1.78 bits per heavy atom. The van der Waals surface area contributed by atoms with Gasteiger partial charge in [0, 0.05) is 22.1 Å². The van der Waals surface area contributed by atoms with Crippen LogP contribution >= 0.6 is 23.2 Å². The third kappa shape index (κ3) is 5.03. The number of anilines is 1. The third-order valence-corrected chi connectivity index (χ3v) is 6.22. The molecule has 3 aromatic rings. The molecule has 7 nitrogen and oxygen atoms in total. The zero-order chi connectivity index (χ0) is 23.6. The number of benzene rings is 2. The zero-order valence-corrected chi connectivity index (χ0v) is 19.4. The van der Waals surface area contributed by atoms with Gasteiger partial charge >= 0.3 is 0 Å². The van der Waals surface area contributed by atoms with Gasteiger partial charge in [-0.1, -0.05) is 23.2 Å². The number of nitrogens with one attached hydrogen (secondary N) is 1. The van der Waals surface area contributed by atoms with Crippen molar-refractivity contribution >= 4 is 50.9 Å². The summed E-state index contributed by atoms with van der Waals surface area (Å²) in [4.78, 5) is 12.6. The molecule has 0 aliphatic heterocycles. The molecule has 0 radical (unpaired) electrons. The van der Waals surface area contributed by atoms with Gasteiger partial charge in [0.15, 0.2) is 0 Å². The molecule has 0 fully saturated rings. The molecule has 0 atom stereocenters. The standard InChI is InChI=1S/C22H18Cl2N4O3S/c1-13-9-15(14(2)28(13)18-4-6-19(7-5-18)32(26,30)31)10-16(12-25)22(29)27-21-8-3-17(23)11-20(21)24/h3-11H,1-2H3,(H,27,29)(H2,26,30,31)/b16-10-. The Morgan fingerprint density at radius 1 is 1.12 bits per heavy atom. The lowest BCUT2D eigenvalue weighted by Gasteiger charge is -2.10. The number of nitrogens with two attached hydrogens (primary N) is 1. The highest BCUT2D eigenvalue weighted by atomic mass is 35.5. The van der Waals surface area contributed by atoms with Gasteiger partial charge in [0.1, 0.15) is 11.6 Å². The van der Waals surface area contributed by atoms with E-state index in [1.54, 1.807) is 24.3 Å². The zero-order valence-electron chi connectivity index (χ0n) is 17.1. The van der Waals surface area contributed by atoms with Crippen LogP contribution in [0, 0.1) is 25.2 Å². The van der Waals surface area contributed by atoms with E-state index in [9.17, 15) is 18.5 Å². The Bertz CT molecular complexity index is 1390. The summed E-state index contributed by atoms with van der Waals surface area (Å²) in [5.74, 6) is -0.612. The Labute approximate surface area is 195 Å².